The fourth-order valence-corrected chi connectivity index (χ4v) is 4.75. The molecule has 1 aliphatic heterocycles. The predicted molar refractivity (Wildman–Crippen MR) is 101 cm³/mol. The highest BCUT2D eigenvalue weighted by Crippen LogP contribution is 2.44. The number of hydrogen-bond donors (Lipinski definition) is 1. The molecule has 6 nitrogen and oxygen atoms in total. The molecule has 1 saturated heterocycles. The van der Waals surface area contributed by atoms with Crippen molar-refractivity contribution in [3.63, 3.8) is 0 Å². The number of piperidine rings is 1. The maximum Gasteiger partial charge on any atom is 0.313 e. The fraction of sp³-hybridized carbons (Fsp3) is 0.619. The second kappa shape index (κ2) is 7.89. The molecule has 3 rings (SSSR count). The topological polar surface area (TPSA) is 76.1 Å². The number of aliphatic carboxylic acids is 1. The number of carboxylic acids is 1. The second-order valence-corrected chi connectivity index (χ2v) is 7.87. The molecule has 2 aliphatic rings. The van der Waals surface area contributed by atoms with E-state index in [1.807, 2.05) is 24.3 Å². The highest BCUT2D eigenvalue weighted by atomic mass is 16.5. The van der Waals surface area contributed by atoms with Gasteiger partial charge in [0.05, 0.1) is 19.1 Å². The number of carboxylic acid groups (broad SMARTS) is 1. The average molecular weight is 375 g/mol. The molecule has 1 heterocycles. The van der Waals surface area contributed by atoms with Crippen molar-refractivity contribution in [3.8, 4) is 5.75 Å². The minimum Gasteiger partial charge on any atom is -0.497 e. The molecule has 0 radical (unpaired) electrons. The summed E-state index contributed by atoms with van der Waals surface area (Å²) in [7, 11) is 3.14. The Kier molecular flexibility index (Phi) is 5.75. The Hall–Kier alpha value is -2.08. The molecule has 1 saturated carbocycles. The lowest BCUT2D eigenvalue weighted by molar-refractivity contribution is -0.160. The quantitative estimate of drug-likeness (QED) is 0.827. The summed E-state index contributed by atoms with van der Waals surface area (Å²) in [6.45, 7) is 0.948. The first-order valence-corrected chi connectivity index (χ1v) is 9.64. The first-order valence-electron chi connectivity index (χ1n) is 9.64. The van der Waals surface area contributed by atoms with Gasteiger partial charge in [0.25, 0.3) is 0 Å². The van der Waals surface area contributed by atoms with Crippen LogP contribution in [0, 0.1) is 5.41 Å². The molecule has 1 aliphatic carbocycles. The van der Waals surface area contributed by atoms with Crippen LogP contribution in [0.3, 0.4) is 0 Å². The van der Waals surface area contributed by atoms with Crippen LogP contribution in [0.4, 0.5) is 0 Å². The van der Waals surface area contributed by atoms with Crippen molar-refractivity contribution in [2.75, 3.05) is 33.9 Å². The molecule has 6 heteroatoms. The third-order valence-corrected chi connectivity index (χ3v) is 6.25. The number of rotatable bonds is 6. The lowest BCUT2D eigenvalue weighted by atomic mass is 9.75. The number of nitrogens with zero attached hydrogens (tertiary/aromatic N) is 1. The number of ether oxygens (including phenoxy) is 2. The number of benzene rings is 1. The van der Waals surface area contributed by atoms with E-state index < -0.39 is 16.8 Å². The van der Waals surface area contributed by atoms with Crippen LogP contribution in [0.5, 0.6) is 5.75 Å². The summed E-state index contributed by atoms with van der Waals surface area (Å²) in [6.07, 6.45) is 4.84. The summed E-state index contributed by atoms with van der Waals surface area (Å²) in [5.41, 5.74) is -0.562. The Morgan fingerprint density at radius 1 is 1.07 bits per heavy atom. The average Bonchev–Trinajstić information content (AvgIpc) is 3.19. The minimum absolute atomic E-state index is 0.0617. The number of carbonyl (C=O) groups is 2. The van der Waals surface area contributed by atoms with Gasteiger partial charge in [-0.25, -0.2) is 0 Å². The van der Waals surface area contributed by atoms with E-state index in [1.54, 1.807) is 12.0 Å². The Morgan fingerprint density at radius 3 is 2.30 bits per heavy atom. The van der Waals surface area contributed by atoms with Crippen LogP contribution in [-0.2, 0) is 19.7 Å². The summed E-state index contributed by atoms with van der Waals surface area (Å²) in [5, 5.41) is 9.79. The molecule has 1 N–H and O–H groups in total. The first-order chi connectivity index (χ1) is 13.0. The van der Waals surface area contributed by atoms with Crippen molar-refractivity contribution in [2.24, 2.45) is 5.41 Å². The van der Waals surface area contributed by atoms with Gasteiger partial charge in [0, 0.05) is 20.2 Å². The largest absolute Gasteiger partial charge is 0.497 e. The van der Waals surface area contributed by atoms with Crippen LogP contribution >= 0.6 is 0 Å². The normalized spacial score (nSPS) is 24.6. The van der Waals surface area contributed by atoms with Crippen molar-refractivity contribution in [1.82, 2.24) is 4.90 Å². The molecule has 148 valence electrons. The fourth-order valence-electron chi connectivity index (χ4n) is 4.75. The van der Waals surface area contributed by atoms with E-state index in [-0.39, 0.29) is 19.1 Å². The van der Waals surface area contributed by atoms with E-state index in [2.05, 4.69) is 0 Å². The molecule has 2 fully saturated rings. The van der Waals surface area contributed by atoms with Gasteiger partial charge in [-0.3, -0.25) is 9.59 Å². The molecular weight excluding hydrogens is 346 g/mol. The van der Waals surface area contributed by atoms with E-state index in [9.17, 15) is 14.7 Å². The predicted octanol–water partition coefficient (Wildman–Crippen LogP) is 2.85. The third-order valence-electron chi connectivity index (χ3n) is 6.25. The van der Waals surface area contributed by atoms with Gasteiger partial charge in [-0.1, -0.05) is 25.0 Å². The Bertz CT molecular complexity index is 676. The van der Waals surface area contributed by atoms with Gasteiger partial charge in [-0.15, -0.1) is 0 Å². The number of likely N-dealkylation sites (tertiary alicyclic amines) is 1. The summed E-state index contributed by atoms with van der Waals surface area (Å²) in [4.78, 5) is 27.4. The van der Waals surface area contributed by atoms with E-state index >= 15 is 0 Å². The number of hydrogen-bond acceptors (Lipinski definition) is 4. The molecule has 0 spiro atoms. The van der Waals surface area contributed by atoms with Crippen molar-refractivity contribution in [2.45, 2.75) is 43.9 Å². The first kappa shape index (κ1) is 19.7. The van der Waals surface area contributed by atoms with Gasteiger partial charge in [0.15, 0.2) is 0 Å². The van der Waals surface area contributed by atoms with Crippen LogP contribution < -0.4 is 4.74 Å². The highest BCUT2D eigenvalue weighted by molar-refractivity contribution is 5.89. The zero-order valence-electron chi connectivity index (χ0n) is 16.2. The SMILES string of the molecule is COCC1(C(=O)O)CCCN(C(=O)C2(c3ccc(OC)cc3)CCCC2)C1. The molecule has 1 aromatic carbocycles. The van der Waals surface area contributed by atoms with E-state index in [4.69, 9.17) is 9.47 Å². The zero-order chi connectivity index (χ0) is 19.5. The standard InChI is InChI=1S/C21H29NO5/c1-26-15-20(19(24)25)10-5-13-22(14-20)18(23)21(11-3-4-12-21)16-6-8-17(27-2)9-7-16/h6-9H,3-5,10-15H2,1-2H3,(H,24,25). The molecule has 27 heavy (non-hydrogen) atoms. The Labute approximate surface area is 160 Å². The van der Waals surface area contributed by atoms with Crippen LogP contribution in [0.2, 0.25) is 0 Å². The number of amides is 1. The molecule has 1 amide bonds. The number of carbonyl (C=O) groups excluding carboxylic acids is 1. The maximum absolute atomic E-state index is 13.7. The van der Waals surface area contributed by atoms with Crippen LogP contribution in [-0.4, -0.2) is 55.8 Å². The van der Waals surface area contributed by atoms with Gasteiger partial charge in [-0.05, 0) is 43.4 Å². The van der Waals surface area contributed by atoms with Crippen LogP contribution in [0.25, 0.3) is 0 Å². The van der Waals surface area contributed by atoms with Gasteiger partial charge in [0.2, 0.25) is 5.91 Å². The van der Waals surface area contributed by atoms with Gasteiger partial charge < -0.3 is 19.5 Å². The molecule has 0 aromatic heterocycles. The minimum atomic E-state index is -1.01. The summed E-state index contributed by atoms with van der Waals surface area (Å²) >= 11 is 0. The molecular formula is C21H29NO5. The Morgan fingerprint density at radius 2 is 1.74 bits per heavy atom. The summed E-state index contributed by atoms with van der Waals surface area (Å²) in [6, 6.07) is 7.74. The van der Waals surface area contributed by atoms with Crippen molar-refractivity contribution >= 4 is 11.9 Å². The number of methoxy groups -OCH3 is 2. The highest BCUT2D eigenvalue weighted by Gasteiger charge is 2.49. The molecule has 0 bridgehead atoms. The maximum atomic E-state index is 13.7. The van der Waals surface area contributed by atoms with Gasteiger partial charge in [-0.2, -0.15) is 0 Å². The Balaban J connectivity index is 1.89. The lowest BCUT2D eigenvalue weighted by Crippen LogP contribution is -2.56. The van der Waals surface area contributed by atoms with Crippen LogP contribution in [0.15, 0.2) is 24.3 Å². The van der Waals surface area contributed by atoms with E-state index in [0.29, 0.717) is 19.4 Å². The van der Waals surface area contributed by atoms with Crippen molar-refractivity contribution in [3.05, 3.63) is 29.8 Å². The third kappa shape index (κ3) is 3.55. The molecule has 1 aromatic rings. The lowest BCUT2D eigenvalue weighted by Gasteiger charge is -2.43. The van der Waals surface area contributed by atoms with E-state index in [1.165, 1.54) is 7.11 Å². The van der Waals surface area contributed by atoms with E-state index in [0.717, 1.165) is 37.0 Å². The smallest absolute Gasteiger partial charge is 0.313 e. The summed E-state index contributed by atoms with van der Waals surface area (Å²) in [5.74, 6) is -0.0549. The van der Waals surface area contributed by atoms with Crippen LogP contribution in [0.1, 0.15) is 44.1 Å². The monoisotopic (exact) mass is 375 g/mol. The second-order valence-electron chi connectivity index (χ2n) is 7.87. The van der Waals surface area contributed by atoms with Gasteiger partial charge >= 0.3 is 5.97 Å². The summed E-state index contributed by atoms with van der Waals surface area (Å²) < 4.78 is 10.4. The molecule has 1 atom stereocenters. The van der Waals surface area contributed by atoms with Gasteiger partial charge in [0.1, 0.15) is 11.2 Å². The zero-order valence-corrected chi connectivity index (χ0v) is 16.2. The molecule has 1 unspecified atom stereocenters. The van der Waals surface area contributed by atoms with Crippen molar-refractivity contribution < 1.29 is 24.2 Å². The van der Waals surface area contributed by atoms with Crippen molar-refractivity contribution in [1.29, 1.82) is 0 Å².